The van der Waals surface area contributed by atoms with Crippen LogP contribution in [-0.4, -0.2) is 17.8 Å². The smallest absolute Gasteiger partial charge is 0.130 e. The van der Waals surface area contributed by atoms with Gasteiger partial charge in [-0.2, -0.15) is 0 Å². The van der Waals surface area contributed by atoms with E-state index in [0.717, 1.165) is 5.70 Å². The fourth-order valence-corrected chi connectivity index (χ4v) is 4.28. The lowest BCUT2D eigenvalue weighted by Gasteiger charge is -2.26. The van der Waals surface area contributed by atoms with Gasteiger partial charge in [0.2, 0.25) is 0 Å². The van der Waals surface area contributed by atoms with Gasteiger partial charge < -0.3 is 15.8 Å². The van der Waals surface area contributed by atoms with Gasteiger partial charge in [0, 0.05) is 15.7 Å². The predicted molar refractivity (Wildman–Crippen MR) is 106 cm³/mol. The van der Waals surface area contributed by atoms with Crippen LogP contribution in [0.2, 0.25) is 0 Å². The molecule has 23 heavy (non-hydrogen) atoms. The topological polar surface area (TPSA) is 47.3 Å². The fraction of sp³-hybridized carbons (Fsp3) is 0.500. The highest BCUT2D eigenvalue weighted by Crippen LogP contribution is 2.32. The number of halogens is 2. The molecular formula is C18H28FIN2O. The van der Waals surface area contributed by atoms with Crippen molar-refractivity contribution in [3.05, 3.63) is 44.2 Å². The number of alkyl halides is 1. The number of nitrogens with two attached hydrogens (primary N) is 1. The van der Waals surface area contributed by atoms with Crippen molar-refractivity contribution < 1.29 is 9.13 Å². The molecule has 0 aromatic heterocycles. The first kappa shape index (κ1) is 19.9. The number of allylic oxidation sites excluding steroid dienone is 5. The van der Waals surface area contributed by atoms with E-state index in [1.54, 1.807) is 6.92 Å². The first-order chi connectivity index (χ1) is 10.6. The van der Waals surface area contributed by atoms with Crippen molar-refractivity contribution in [2.45, 2.75) is 47.2 Å². The molecule has 0 aromatic carbocycles. The maximum Gasteiger partial charge on any atom is 0.130 e. The third-order valence-electron chi connectivity index (χ3n) is 3.55. The SMILES string of the molecule is C=IC(=C/C(C)(C)C)/C(=C\C)NC1=C(C)[C@H](F)CC(OC)=C1N. The van der Waals surface area contributed by atoms with Crippen LogP contribution < -0.4 is 11.1 Å². The number of ether oxygens (including phenoxy) is 1. The summed E-state index contributed by atoms with van der Waals surface area (Å²) >= 11 is -0.380. The van der Waals surface area contributed by atoms with Crippen molar-refractivity contribution in [3.8, 4) is 0 Å². The van der Waals surface area contributed by atoms with Gasteiger partial charge in [-0.05, 0) is 24.8 Å². The molecule has 5 heteroatoms. The van der Waals surface area contributed by atoms with Gasteiger partial charge in [-0.15, -0.1) is 0 Å². The molecule has 0 saturated heterocycles. The lowest BCUT2D eigenvalue weighted by atomic mass is 9.95. The Kier molecular flexibility index (Phi) is 7.04. The van der Waals surface area contributed by atoms with Crippen LogP contribution in [0.5, 0.6) is 0 Å². The van der Waals surface area contributed by atoms with Gasteiger partial charge >= 0.3 is 0 Å². The second-order valence-electron chi connectivity index (χ2n) is 6.59. The third kappa shape index (κ3) is 5.19. The zero-order valence-corrected chi connectivity index (χ0v) is 17.0. The number of methoxy groups -OCH3 is 1. The van der Waals surface area contributed by atoms with Crippen molar-refractivity contribution in [1.29, 1.82) is 0 Å². The predicted octanol–water partition coefficient (Wildman–Crippen LogP) is 4.65. The van der Waals surface area contributed by atoms with Gasteiger partial charge in [-0.1, -0.05) is 58.2 Å². The Balaban J connectivity index is 3.26. The second kappa shape index (κ2) is 8.13. The molecule has 0 bridgehead atoms. The summed E-state index contributed by atoms with van der Waals surface area (Å²) in [4.78, 5) is 0. The van der Waals surface area contributed by atoms with Crippen LogP contribution in [0.15, 0.2) is 44.2 Å². The van der Waals surface area contributed by atoms with E-state index in [1.165, 1.54) is 10.7 Å². The Bertz CT molecular complexity index is 595. The molecule has 0 unspecified atom stereocenters. The zero-order chi connectivity index (χ0) is 17.8. The Labute approximate surface area is 149 Å². The van der Waals surface area contributed by atoms with Gasteiger partial charge in [0.15, 0.2) is 0 Å². The van der Waals surface area contributed by atoms with Crippen molar-refractivity contribution in [2.75, 3.05) is 7.11 Å². The molecule has 0 amide bonds. The third-order valence-corrected chi connectivity index (χ3v) is 5.27. The van der Waals surface area contributed by atoms with Crippen molar-refractivity contribution in [3.63, 3.8) is 0 Å². The summed E-state index contributed by atoms with van der Waals surface area (Å²) in [6.45, 7) is 10.2. The first-order valence-electron chi connectivity index (χ1n) is 7.57. The Morgan fingerprint density at radius 1 is 1.48 bits per heavy atom. The fourth-order valence-electron chi connectivity index (χ4n) is 2.27. The maximum absolute atomic E-state index is 14.2. The van der Waals surface area contributed by atoms with Gasteiger partial charge in [0.05, 0.1) is 18.5 Å². The molecule has 0 aliphatic heterocycles. The number of nitrogens with one attached hydrogen (secondary N) is 1. The monoisotopic (exact) mass is 434 g/mol. The van der Waals surface area contributed by atoms with Crippen molar-refractivity contribution in [1.82, 2.24) is 5.32 Å². The molecular weight excluding hydrogens is 406 g/mol. The van der Waals surface area contributed by atoms with E-state index in [9.17, 15) is 4.39 Å². The van der Waals surface area contributed by atoms with Crippen LogP contribution in [0.3, 0.4) is 0 Å². The summed E-state index contributed by atoms with van der Waals surface area (Å²) in [5, 5.41) is 3.33. The van der Waals surface area contributed by atoms with Crippen molar-refractivity contribution in [2.24, 2.45) is 11.1 Å². The largest absolute Gasteiger partial charge is 0.499 e. The molecule has 1 aliphatic carbocycles. The van der Waals surface area contributed by atoms with E-state index in [2.05, 4.69) is 36.7 Å². The molecule has 3 nitrogen and oxygen atoms in total. The van der Waals surface area contributed by atoms with E-state index in [-0.39, 0.29) is 32.6 Å². The quantitative estimate of drug-likeness (QED) is 0.490. The summed E-state index contributed by atoms with van der Waals surface area (Å²) in [7, 11) is 1.52. The molecule has 1 atom stereocenters. The van der Waals surface area contributed by atoms with Crippen LogP contribution in [-0.2, 0) is 4.74 Å². The Morgan fingerprint density at radius 2 is 2.09 bits per heavy atom. The zero-order valence-electron chi connectivity index (χ0n) is 14.9. The summed E-state index contributed by atoms with van der Waals surface area (Å²) in [5.41, 5.74) is 8.89. The molecule has 0 heterocycles. The minimum atomic E-state index is -1.08. The number of hydrogen-bond donors (Lipinski definition) is 2. The molecule has 0 aromatic rings. The minimum absolute atomic E-state index is 0.0559. The highest BCUT2D eigenvalue weighted by atomic mass is 127. The molecule has 3 N–H and O–H groups in total. The molecule has 1 aliphatic rings. The van der Waals surface area contributed by atoms with E-state index in [4.69, 9.17) is 10.5 Å². The van der Waals surface area contributed by atoms with Gasteiger partial charge in [0.25, 0.3) is 0 Å². The van der Waals surface area contributed by atoms with Crippen LogP contribution in [0.1, 0.15) is 41.0 Å². The summed E-state index contributed by atoms with van der Waals surface area (Å²) in [6.07, 6.45) is 3.32. The molecule has 0 saturated carbocycles. The normalized spacial score (nSPS) is 20.9. The molecule has 1 rings (SSSR count). The second-order valence-corrected chi connectivity index (χ2v) is 8.51. The molecule has 0 spiro atoms. The highest BCUT2D eigenvalue weighted by molar-refractivity contribution is 14.2. The van der Waals surface area contributed by atoms with Gasteiger partial charge in [-0.3, -0.25) is 0 Å². The Morgan fingerprint density at radius 3 is 2.52 bits per heavy atom. The average Bonchev–Trinajstić information content (AvgIpc) is 2.48. The summed E-state index contributed by atoms with van der Waals surface area (Å²) in [5.74, 6) is 0.492. The standard InChI is InChI=1S/C18H28FIN2O/c1-8-14(13(20-6)10-18(3,4)5)22-17-11(2)12(19)9-15(23-7)16(17)21/h8,10,12,22H,6,9,21H2,1-5,7H3/b13-10+,14-8+/t12-/m1/s1. The van der Waals surface area contributed by atoms with Crippen LogP contribution >= 0.6 is 20.7 Å². The average molecular weight is 434 g/mol. The maximum atomic E-state index is 14.2. The van der Waals surface area contributed by atoms with Gasteiger partial charge in [-0.25, -0.2) is 4.39 Å². The van der Waals surface area contributed by atoms with Crippen LogP contribution in [0.4, 0.5) is 4.39 Å². The number of hydrogen-bond acceptors (Lipinski definition) is 3. The van der Waals surface area contributed by atoms with E-state index < -0.39 is 6.17 Å². The highest BCUT2D eigenvalue weighted by Gasteiger charge is 2.27. The minimum Gasteiger partial charge on any atom is -0.499 e. The molecule has 130 valence electrons. The summed E-state index contributed by atoms with van der Waals surface area (Å²) < 4.78 is 24.8. The Hall–Kier alpha value is -1.11. The lowest BCUT2D eigenvalue weighted by molar-refractivity contribution is 0.236. The molecule has 0 radical (unpaired) electrons. The number of rotatable bonds is 5. The lowest BCUT2D eigenvalue weighted by Crippen LogP contribution is -2.28. The van der Waals surface area contributed by atoms with Crippen LogP contribution in [0, 0.1) is 5.41 Å². The van der Waals surface area contributed by atoms with E-state index in [1.807, 2.05) is 13.0 Å². The van der Waals surface area contributed by atoms with E-state index >= 15 is 0 Å². The van der Waals surface area contributed by atoms with Crippen molar-refractivity contribution >= 4 is 25.2 Å². The van der Waals surface area contributed by atoms with Gasteiger partial charge in [0.1, 0.15) is 11.9 Å². The molecule has 0 fully saturated rings. The van der Waals surface area contributed by atoms with Crippen LogP contribution in [0.25, 0.3) is 0 Å². The first-order valence-corrected chi connectivity index (χ1v) is 10.2. The van der Waals surface area contributed by atoms with E-state index in [0.29, 0.717) is 22.7 Å². The summed E-state index contributed by atoms with van der Waals surface area (Å²) in [6, 6.07) is 0.